The Morgan fingerprint density at radius 1 is 1.38 bits per heavy atom. The number of sulfonamides is 1. The third kappa shape index (κ3) is 5.55. The van der Waals surface area contributed by atoms with E-state index >= 15 is 0 Å². The number of methoxy groups -OCH3 is 2. The second kappa shape index (κ2) is 7.55. The van der Waals surface area contributed by atoms with E-state index in [1.165, 1.54) is 26.4 Å². The predicted octanol–water partition coefficient (Wildman–Crippen LogP) is 1.52. The molecule has 0 aliphatic heterocycles. The lowest BCUT2D eigenvalue weighted by Gasteiger charge is -2.23. The SMILES string of the molecule is COCCC(C)(O)CNS(=O)(=O)c1ccc(OC)c(Br)c1. The Bertz CT molecular complexity index is 574. The molecule has 8 heteroatoms. The molecule has 2 N–H and O–H groups in total. The molecule has 0 aromatic heterocycles. The molecule has 0 saturated carbocycles. The summed E-state index contributed by atoms with van der Waals surface area (Å²) >= 11 is 3.24. The van der Waals surface area contributed by atoms with E-state index in [0.717, 1.165) is 0 Å². The molecule has 0 aliphatic rings. The van der Waals surface area contributed by atoms with Crippen LogP contribution >= 0.6 is 15.9 Å². The molecule has 1 aromatic rings. The minimum absolute atomic E-state index is 0.0949. The van der Waals surface area contributed by atoms with Crippen LogP contribution in [0.2, 0.25) is 0 Å². The van der Waals surface area contributed by atoms with Crippen molar-refractivity contribution in [3.8, 4) is 5.75 Å². The van der Waals surface area contributed by atoms with E-state index in [2.05, 4.69) is 20.7 Å². The smallest absolute Gasteiger partial charge is 0.240 e. The number of halogens is 1. The van der Waals surface area contributed by atoms with E-state index in [1.807, 2.05) is 0 Å². The molecule has 1 unspecified atom stereocenters. The number of aliphatic hydroxyl groups is 1. The fourth-order valence-corrected chi connectivity index (χ4v) is 3.44. The largest absolute Gasteiger partial charge is 0.496 e. The van der Waals surface area contributed by atoms with Crippen molar-refractivity contribution in [2.24, 2.45) is 0 Å². The van der Waals surface area contributed by atoms with Crippen molar-refractivity contribution < 1.29 is 23.0 Å². The normalized spacial score (nSPS) is 14.7. The lowest BCUT2D eigenvalue weighted by molar-refractivity contribution is 0.0292. The fraction of sp³-hybridized carbons (Fsp3) is 0.538. The van der Waals surface area contributed by atoms with Gasteiger partial charge in [-0.25, -0.2) is 13.1 Å². The second-order valence-corrected chi connectivity index (χ2v) is 7.48. The highest BCUT2D eigenvalue weighted by Crippen LogP contribution is 2.27. The van der Waals surface area contributed by atoms with Gasteiger partial charge in [-0.2, -0.15) is 0 Å². The van der Waals surface area contributed by atoms with Gasteiger partial charge in [-0.15, -0.1) is 0 Å². The number of ether oxygens (including phenoxy) is 2. The van der Waals surface area contributed by atoms with Crippen LogP contribution in [0.25, 0.3) is 0 Å². The first kappa shape index (κ1) is 18.4. The van der Waals surface area contributed by atoms with E-state index in [-0.39, 0.29) is 11.4 Å². The zero-order chi connectivity index (χ0) is 16.1. The van der Waals surface area contributed by atoms with Gasteiger partial charge in [-0.3, -0.25) is 0 Å². The van der Waals surface area contributed by atoms with Crippen molar-refractivity contribution in [2.75, 3.05) is 27.4 Å². The van der Waals surface area contributed by atoms with E-state index in [0.29, 0.717) is 23.2 Å². The maximum atomic E-state index is 12.2. The summed E-state index contributed by atoms with van der Waals surface area (Å²) in [5, 5.41) is 10.1. The van der Waals surface area contributed by atoms with Crippen LogP contribution in [-0.4, -0.2) is 46.5 Å². The fourth-order valence-electron chi connectivity index (χ4n) is 1.56. The lowest BCUT2D eigenvalue weighted by atomic mass is 10.0. The average Bonchev–Trinajstić information content (AvgIpc) is 2.43. The maximum Gasteiger partial charge on any atom is 0.240 e. The Balaban J connectivity index is 2.80. The third-order valence-corrected chi connectivity index (χ3v) is 4.94. The quantitative estimate of drug-likeness (QED) is 0.712. The summed E-state index contributed by atoms with van der Waals surface area (Å²) in [6, 6.07) is 4.45. The monoisotopic (exact) mass is 381 g/mol. The Morgan fingerprint density at radius 3 is 2.57 bits per heavy atom. The molecule has 0 amide bonds. The van der Waals surface area contributed by atoms with Crippen molar-refractivity contribution in [3.05, 3.63) is 22.7 Å². The Kier molecular flexibility index (Phi) is 6.61. The van der Waals surface area contributed by atoms with E-state index in [4.69, 9.17) is 9.47 Å². The minimum Gasteiger partial charge on any atom is -0.496 e. The molecule has 1 rings (SSSR count). The summed E-state index contributed by atoms with van der Waals surface area (Å²) in [6.07, 6.45) is 0.332. The topological polar surface area (TPSA) is 84.9 Å². The summed E-state index contributed by atoms with van der Waals surface area (Å²) in [4.78, 5) is 0.0951. The number of hydrogen-bond donors (Lipinski definition) is 2. The highest BCUT2D eigenvalue weighted by atomic mass is 79.9. The molecule has 0 heterocycles. The highest BCUT2D eigenvalue weighted by molar-refractivity contribution is 9.10. The predicted molar refractivity (Wildman–Crippen MR) is 83.0 cm³/mol. The van der Waals surface area contributed by atoms with E-state index in [9.17, 15) is 13.5 Å². The molecule has 1 atom stereocenters. The van der Waals surface area contributed by atoms with Crippen molar-refractivity contribution in [1.82, 2.24) is 4.72 Å². The highest BCUT2D eigenvalue weighted by Gasteiger charge is 2.24. The molecule has 0 fully saturated rings. The van der Waals surface area contributed by atoms with Gasteiger partial charge < -0.3 is 14.6 Å². The molecule has 1 aromatic carbocycles. The summed E-state index contributed by atoms with van der Waals surface area (Å²) < 4.78 is 37.2. The van der Waals surface area contributed by atoms with Gasteiger partial charge in [0.1, 0.15) is 5.75 Å². The van der Waals surface area contributed by atoms with Crippen LogP contribution in [0.5, 0.6) is 5.75 Å². The molecular formula is C13H20BrNO5S. The summed E-state index contributed by atoms with van der Waals surface area (Å²) in [5.41, 5.74) is -1.17. The standard InChI is InChI=1S/C13H20BrNO5S/c1-13(16,6-7-19-2)9-15-21(17,18)10-4-5-12(20-3)11(14)8-10/h4-5,8,15-16H,6-7,9H2,1-3H3. The van der Waals surface area contributed by atoms with Crippen molar-refractivity contribution >= 4 is 26.0 Å². The van der Waals surface area contributed by atoms with Gasteiger partial charge in [-0.1, -0.05) is 0 Å². The summed E-state index contributed by atoms with van der Waals surface area (Å²) in [7, 11) is -0.680. The number of hydrogen-bond acceptors (Lipinski definition) is 5. The van der Waals surface area contributed by atoms with Gasteiger partial charge in [0, 0.05) is 26.7 Å². The number of rotatable bonds is 8. The van der Waals surface area contributed by atoms with Gasteiger partial charge in [0.15, 0.2) is 0 Å². The van der Waals surface area contributed by atoms with Crippen LogP contribution in [0.15, 0.2) is 27.6 Å². The average molecular weight is 382 g/mol. The van der Waals surface area contributed by atoms with Crippen LogP contribution in [0, 0.1) is 0 Å². The molecule has 21 heavy (non-hydrogen) atoms. The summed E-state index contributed by atoms with van der Waals surface area (Å²) in [5.74, 6) is 0.543. The molecule has 120 valence electrons. The van der Waals surface area contributed by atoms with Crippen molar-refractivity contribution in [1.29, 1.82) is 0 Å². The first-order valence-electron chi connectivity index (χ1n) is 6.26. The van der Waals surface area contributed by atoms with Crippen LogP contribution in [0.3, 0.4) is 0 Å². The van der Waals surface area contributed by atoms with Gasteiger partial charge in [0.05, 0.1) is 22.1 Å². The maximum absolute atomic E-state index is 12.2. The zero-order valence-electron chi connectivity index (χ0n) is 12.2. The molecule has 6 nitrogen and oxygen atoms in total. The van der Waals surface area contributed by atoms with Gasteiger partial charge in [-0.05, 0) is 41.1 Å². The zero-order valence-corrected chi connectivity index (χ0v) is 14.6. The lowest BCUT2D eigenvalue weighted by Crippen LogP contribution is -2.41. The first-order chi connectivity index (χ1) is 9.72. The van der Waals surface area contributed by atoms with Gasteiger partial charge in [0.2, 0.25) is 10.0 Å². The number of benzene rings is 1. The molecule has 0 aliphatic carbocycles. The molecule has 0 radical (unpaired) electrons. The summed E-state index contributed by atoms with van der Waals surface area (Å²) in [6.45, 7) is 1.81. The minimum atomic E-state index is -3.70. The second-order valence-electron chi connectivity index (χ2n) is 4.86. The van der Waals surface area contributed by atoms with Crippen molar-refractivity contribution in [3.63, 3.8) is 0 Å². The molecule has 0 bridgehead atoms. The first-order valence-corrected chi connectivity index (χ1v) is 8.54. The van der Waals surface area contributed by atoms with Gasteiger partial charge >= 0.3 is 0 Å². The van der Waals surface area contributed by atoms with Crippen LogP contribution in [0.4, 0.5) is 0 Å². The van der Waals surface area contributed by atoms with Gasteiger partial charge in [0.25, 0.3) is 0 Å². The number of nitrogens with one attached hydrogen (secondary N) is 1. The van der Waals surface area contributed by atoms with E-state index < -0.39 is 15.6 Å². The van der Waals surface area contributed by atoms with Crippen LogP contribution < -0.4 is 9.46 Å². The Hall–Kier alpha value is -0.670. The molecule has 0 spiro atoms. The Labute approximate surface area is 133 Å². The Morgan fingerprint density at radius 2 is 2.05 bits per heavy atom. The molecule has 0 saturated heterocycles. The van der Waals surface area contributed by atoms with Crippen molar-refractivity contribution in [2.45, 2.75) is 23.8 Å². The third-order valence-electron chi connectivity index (χ3n) is 2.92. The van der Waals surface area contributed by atoms with Crippen LogP contribution in [0.1, 0.15) is 13.3 Å². The molecular weight excluding hydrogens is 362 g/mol. The van der Waals surface area contributed by atoms with Crippen LogP contribution in [-0.2, 0) is 14.8 Å². The van der Waals surface area contributed by atoms with E-state index in [1.54, 1.807) is 13.0 Å².